The monoisotopic (exact) mass is 379 g/mol. The number of rotatable bonds is 5. The van der Waals surface area contributed by atoms with Gasteiger partial charge in [0.15, 0.2) is 16.4 Å². The van der Waals surface area contributed by atoms with Crippen LogP contribution in [-0.2, 0) is 21.2 Å². The average molecular weight is 380 g/mol. The Hall–Kier alpha value is -0.820. The molecule has 8 heteroatoms. The van der Waals surface area contributed by atoms with Crippen molar-refractivity contribution < 1.29 is 18.1 Å². The van der Waals surface area contributed by atoms with E-state index in [-0.39, 0.29) is 23.5 Å². The van der Waals surface area contributed by atoms with Crippen molar-refractivity contribution >= 4 is 38.9 Å². The Morgan fingerprint density at radius 1 is 1.35 bits per heavy atom. The van der Waals surface area contributed by atoms with E-state index in [9.17, 15) is 13.2 Å². The Morgan fingerprint density at radius 2 is 2.04 bits per heavy atom. The second-order valence-electron chi connectivity index (χ2n) is 6.12. The van der Waals surface area contributed by atoms with Crippen molar-refractivity contribution in [1.82, 2.24) is 4.90 Å². The molecule has 0 saturated carbocycles. The number of hydrogen-bond acceptors (Lipinski definition) is 3. The Morgan fingerprint density at radius 3 is 2.61 bits per heavy atom. The lowest BCUT2D eigenvalue weighted by Gasteiger charge is -2.24. The molecule has 1 aliphatic rings. The van der Waals surface area contributed by atoms with Crippen LogP contribution in [0, 0.1) is 0 Å². The number of amides is 1. The number of quaternary nitrogens is 1. The molecule has 1 saturated heterocycles. The van der Waals surface area contributed by atoms with Crippen molar-refractivity contribution in [3.8, 4) is 0 Å². The van der Waals surface area contributed by atoms with E-state index < -0.39 is 9.84 Å². The molecule has 1 fully saturated rings. The first-order valence-electron chi connectivity index (χ1n) is 7.39. The third-order valence-electron chi connectivity index (χ3n) is 4.09. The highest BCUT2D eigenvalue weighted by Gasteiger charge is 2.33. The van der Waals surface area contributed by atoms with Crippen molar-refractivity contribution in [2.45, 2.75) is 19.0 Å². The van der Waals surface area contributed by atoms with Gasteiger partial charge in [0, 0.05) is 18.7 Å². The van der Waals surface area contributed by atoms with Crippen LogP contribution in [-0.4, -0.2) is 57.4 Å². The maximum Gasteiger partial charge on any atom is 0.277 e. The summed E-state index contributed by atoms with van der Waals surface area (Å²) in [5.74, 6) is 0.187. The van der Waals surface area contributed by atoms with Gasteiger partial charge in [-0.1, -0.05) is 29.3 Å². The van der Waals surface area contributed by atoms with E-state index in [0.717, 1.165) is 10.5 Å². The van der Waals surface area contributed by atoms with Gasteiger partial charge in [-0.25, -0.2) is 8.42 Å². The van der Waals surface area contributed by atoms with Crippen LogP contribution in [0.5, 0.6) is 0 Å². The smallest absolute Gasteiger partial charge is 0.277 e. The summed E-state index contributed by atoms with van der Waals surface area (Å²) in [6, 6.07) is 5.22. The first-order chi connectivity index (χ1) is 10.7. The van der Waals surface area contributed by atoms with E-state index >= 15 is 0 Å². The largest absolute Gasteiger partial charge is 0.337 e. The molecule has 23 heavy (non-hydrogen) atoms. The summed E-state index contributed by atoms with van der Waals surface area (Å²) in [5, 5.41) is 1.00. The maximum absolute atomic E-state index is 12.3. The van der Waals surface area contributed by atoms with E-state index in [0.29, 0.717) is 29.6 Å². The second-order valence-corrected chi connectivity index (χ2v) is 9.16. The van der Waals surface area contributed by atoms with Gasteiger partial charge in [0.05, 0.1) is 28.6 Å². The van der Waals surface area contributed by atoms with Crippen LogP contribution in [0.3, 0.4) is 0 Å². The van der Waals surface area contributed by atoms with E-state index in [4.69, 9.17) is 23.2 Å². The quantitative estimate of drug-likeness (QED) is 0.816. The molecule has 1 heterocycles. The predicted molar refractivity (Wildman–Crippen MR) is 91.7 cm³/mol. The van der Waals surface area contributed by atoms with Crippen LogP contribution < -0.4 is 4.90 Å². The zero-order valence-electron chi connectivity index (χ0n) is 13.2. The number of benzene rings is 1. The molecule has 128 valence electrons. The minimum absolute atomic E-state index is 0.0512. The van der Waals surface area contributed by atoms with Crippen LogP contribution in [0.1, 0.15) is 12.0 Å². The minimum Gasteiger partial charge on any atom is -0.337 e. The van der Waals surface area contributed by atoms with E-state index in [2.05, 4.69) is 0 Å². The molecular weight excluding hydrogens is 359 g/mol. The van der Waals surface area contributed by atoms with E-state index in [1.54, 1.807) is 24.1 Å². The number of carbonyl (C=O) groups is 1. The number of nitrogens with one attached hydrogen (secondary N) is 1. The molecule has 1 unspecified atom stereocenters. The van der Waals surface area contributed by atoms with Gasteiger partial charge < -0.3 is 9.80 Å². The lowest BCUT2D eigenvalue weighted by molar-refractivity contribution is -0.885. The molecule has 5 nitrogen and oxygen atoms in total. The van der Waals surface area contributed by atoms with Gasteiger partial charge in [-0.2, -0.15) is 0 Å². The minimum atomic E-state index is -2.99. The molecule has 0 aromatic heterocycles. The molecule has 0 bridgehead atoms. The van der Waals surface area contributed by atoms with Gasteiger partial charge in [-0.05, 0) is 18.6 Å². The Balaban J connectivity index is 1.90. The number of likely N-dealkylation sites (N-methyl/N-ethyl adjacent to an activating group) is 2. The van der Waals surface area contributed by atoms with Gasteiger partial charge >= 0.3 is 0 Å². The third-order valence-corrected chi connectivity index (χ3v) is 6.58. The Labute approximate surface area is 147 Å². The van der Waals surface area contributed by atoms with E-state index in [1.807, 2.05) is 13.1 Å². The summed E-state index contributed by atoms with van der Waals surface area (Å²) in [6.45, 7) is 0.937. The fourth-order valence-electron chi connectivity index (χ4n) is 2.73. The van der Waals surface area contributed by atoms with Crippen LogP contribution in [0.15, 0.2) is 18.2 Å². The third kappa shape index (κ3) is 5.08. The zero-order valence-corrected chi connectivity index (χ0v) is 15.5. The van der Waals surface area contributed by atoms with Gasteiger partial charge in [0.25, 0.3) is 5.91 Å². The first kappa shape index (κ1) is 18.5. The number of sulfone groups is 1. The van der Waals surface area contributed by atoms with Gasteiger partial charge in [0.1, 0.15) is 6.54 Å². The highest BCUT2D eigenvalue weighted by Crippen LogP contribution is 2.22. The van der Waals surface area contributed by atoms with E-state index in [1.165, 1.54) is 0 Å². The number of carbonyl (C=O) groups excluding carboxylic acids is 1. The first-order valence-corrected chi connectivity index (χ1v) is 9.97. The van der Waals surface area contributed by atoms with Gasteiger partial charge in [-0.15, -0.1) is 0 Å². The fourth-order valence-corrected chi connectivity index (χ4v) is 4.82. The standard InChI is InChI=1S/C15H20Cl2N2O3S/c1-18(8-11-3-4-13(16)14(17)7-11)9-15(20)19(2)12-5-6-23(21,22)10-12/h3-4,7,12H,5-6,8-10H2,1-2H3/p+1/t12-/m1/s1. The van der Waals surface area contributed by atoms with Crippen LogP contribution >= 0.6 is 23.2 Å². The molecule has 1 aliphatic heterocycles. The van der Waals surface area contributed by atoms with Gasteiger partial charge in [0.2, 0.25) is 0 Å². The highest BCUT2D eigenvalue weighted by molar-refractivity contribution is 7.91. The summed E-state index contributed by atoms with van der Waals surface area (Å²) < 4.78 is 23.0. The topological polar surface area (TPSA) is 58.9 Å². The lowest BCUT2D eigenvalue weighted by Crippen LogP contribution is -3.08. The molecule has 0 spiro atoms. The summed E-state index contributed by atoms with van der Waals surface area (Å²) in [5.41, 5.74) is 0.996. The molecule has 1 aromatic carbocycles. The number of halogens is 2. The molecule has 0 aliphatic carbocycles. The maximum atomic E-state index is 12.3. The molecule has 2 atom stereocenters. The van der Waals surface area contributed by atoms with Crippen molar-refractivity contribution in [3.63, 3.8) is 0 Å². The van der Waals surface area contributed by atoms with Crippen LogP contribution in [0.4, 0.5) is 0 Å². The summed E-state index contributed by atoms with van der Waals surface area (Å²) >= 11 is 11.9. The molecule has 2 rings (SSSR count). The van der Waals surface area contributed by atoms with Crippen molar-refractivity contribution in [2.24, 2.45) is 0 Å². The molecule has 0 radical (unpaired) electrons. The predicted octanol–water partition coefficient (Wildman–Crippen LogP) is 0.654. The highest BCUT2D eigenvalue weighted by atomic mass is 35.5. The Kier molecular flexibility index (Phi) is 5.94. The number of nitrogens with zero attached hydrogens (tertiary/aromatic N) is 1. The lowest BCUT2D eigenvalue weighted by atomic mass is 10.2. The summed E-state index contributed by atoms with van der Waals surface area (Å²) in [7, 11) is 0.609. The van der Waals surface area contributed by atoms with Crippen LogP contribution in [0.25, 0.3) is 0 Å². The second kappa shape index (κ2) is 7.38. The Bertz CT molecular complexity index is 694. The SMILES string of the molecule is CN(C(=O)C[NH+](C)Cc1ccc(Cl)c(Cl)c1)[C@@H]1CCS(=O)(=O)C1. The molecule has 1 N–H and O–H groups in total. The van der Waals surface area contributed by atoms with Gasteiger partial charge in [-0.3, -0.25) is 4.79 Å². The summed E-state index contributed by atoms with van der Waals surface area (Å²) in [4.78, 5) is 14.9. The van der Waals surface area contributed by atoms with Crippen molar-refractivity contribution in [2.75, 3.05) is 32.1 Å². The molecule has 1 amide bonds. The van der Waals surface area contributed by atoms with Crippen LogP contribution in [0.2, 0.25) is 10.0 Å². The molecular formula is C15H21Cl2N2O3S+. The van der Waals surface area contributed by atoms with Crippen molar-refractivity contribution in [1.29, 1.82) is 0 Å². The van der Waals surface area contributed by atoms with Crippen molar-refractivity contribution in [3.05, 3.63) is 33.8 Å². The zero-order chi connectivity index (χ0) is 17.2. The summed E-state index contributed by atoms with van der Waals surface area (Å²) in [6.07, 6.45) is 0.524. The normalized spacial score (nSPS) is 21.1. The fraction of sp³-hybridized carbons (Fsp3) is 0.533. The molecule has 1 aromatic rings. The average Bonchev–Trinajstić information content (AvgIpc) is 2.82. The number of hydrogen-bond donors (Lipinski definition) is 1.